The second-order valence-electron chi connectivity index (χ2n) is 5.66. The molecule has 3 fully saturated rings. The number of carbonyl (C=O) groups excluding carboxylic acids is 1. The first-order valence-corrected chi connectivity index (χ1v) is 7.25. The Morgan fingerprint density at radius 3 is 2.80 bits per heavy atom. The molecule has 0 saturated carbocycles. The summed E-state index contributed by atoms with van der Waals surface area (Å²) < 4.78 is 4.66. The van der Waals surface area contributed by atoms with Crippen molar-refractivity contribution in [1.82, 2.24) is 15.2 Å². The number of carbonyl (C=O) groups is 1. The fourth-order valence-electron chi connectivity index (χ4n) is 3.20. The van der Waals surface area contributed by atoms with Crippen LogP contribution in [0.15, 0.2) is 18.3 Å². The van der Waals surface area contributed by atoms with E-state index >= 15 is 0 Å². The van der Waals surface area contributed by atoms with Gasteiger partial charge in [-0.2, -0.15) is 0 Å². The largest absolute Gasteiger partial charge is 0.465 e. The van der Waals surface area contributed by atoms with E-state index in [9.17, 15) is 4.79 Å². The van der Waals surface area contributed by atoms with E-state index in [0.29, 0.717) is 11.6 Å². The monoisotopic (exact) mass is 275 g/mol. The molecule has 0 aliphatic carbocycles. The topological polar surface area (TPSA) is 54.5 Å². The van der Waals surface area contributed by atoms with E-state index in [2.05, 4.69) is 19.9 Å². The molecular weight excluding hydrogens is 254 g/mol. The van der Waals surface area contributed by atoms with Gasteiger partial charge in [0, 0.05) is 25.3 Å². The third kappa shape index (κ3) is 2.83. The van der Waals surface area contributed by atoms with E-state index in [1.54, 1.807) is 12.3 Å². The molecule has 1 aromatic rings. The molecule has 0 aromatic carbocycles. The number of esters is 1. The number of pyridine rings is 1. The molecule has 3 saturated heterocycles. The van der Waals surface area contributed by atoms with Gasteiger partial charge in [0.1, 0.15) is 0 Å². The van der Waals surface area contributed by atoms with Gasteiger partial charge in [-0.25, -0.2) is 4.79 Å². The van der Waals surface area contributed by atoms with Crippen molar-refractivity contribution < 1.29 is 9.53 Å². The Hall–Kier alpha value is -1.46. The SMILES string of the molecule is COC(=O)c1ccc(CNC2CN3CCC2CC3)nc1. The molecule has 5 nitrogen and oxygen atoms in total. The van der Waals surface area contributed by atoms with Crippen LogP contribution in [0.1, 0.15) is 28.9 Å². The summed E-state index contributed by atoms with van der Waals surface area (Å²) in [5.41, 5.74) is 1.47. The number of aromatic nitrogens is 1. The zero-order chi connectivity index (χ0) is 13.9. The highest BCUT2D eigenvalue weighted by Gasteiger charge is 2.33. The first-order chi connectivity index (χ1) is 9.76. The molecule has 20 heavy (non-hydrogen) atoms. The lowest BCUT2D eigenvalue weighted by atomic mass is 9.84. The lowest BCUT2D eigenvalue weighted by Crippen LogP contribution is -2.55. The van der Waals surface area contributed by atoms with Gasteiger partial charge in [0.2, 0.25) is 0 Å². The number of rotatable bonds is 4. The molecule has 108 valence electrons. The van der Waals surface area contributed by atoms with Gasteiger partial charge < -0.3 is 15.0 Å². The Morgan fingerprint density at radius 1 is 1.45 bits per heavy atom. The van der Waals surface area contributed by atoms with E-state index < -0.39 is 0 Å². The van der Waals surface area contributed by atoms with E-state index in [4.69, 9.17) is 0 Å². The van der Waals surface area contributed by atoms with Crippen molar-refractivity contribution in [2.75, 3.05) is 26.7 Å². The Labute approximate surface area is 119 Å². The maximum absolute atomic E-state index is 11.3. The van der Waals surface area contributed by atoms with Crippen LogP contribution in [0.4, 0.5) is 0 Å². The molecule has 1 N–H and O–H groups in total. The van der Waals surface area contributed by atoms with Gasteiger partial charge in [-0.15, -0.1) is 0 Å². The quantitative estimate of drug-likeness (QED) is 0.833. The van der Waals surface area contributed by atoms with Crippen molar-refractivity contribution in [3.63, 3.8) is 0 Å². The van der Waals surface area contributed by atoms with Crippen LogP contribution in [0, 0.1) is 5.92 Å². The Kier molecular flexibility index (Phi) is 3.98. The van der Waals surface area contributed by atoms with Gasteiger partial charge in [0.25, 0.3) is 0 Å². The summed E-state index contributed by atoms with van der Waals surface area (Å²) in [6.45, 7) is 4.44. The molecule has 1 unspecified atom stereocenters. The van der Waals surface area contributed by atoms with Crippen LogP contribution in [0.25, 0.3) is 0 Å². The number of nitrogens with one attached hydrogen (secondary N) is 1. The van der Waals surface area contributed by atoms with Crippen LogP contribution in [0.3, 0.4) is 0 Å². The van der Waals surface area contributed by atoms with Crippen molar-refractivity contribution in [3.8, 4) is 0 Å². The minimum absolute atomic E-state index is 0.339. The standard InChI is InChI=1S/C15H21N3O2/c1-20-15(19)12-2-3-13(16-8-12)9-17-14-10-18-6-4-11(14)5-7-18/h2-3,8,11,14,17H,4-7,9-10H2,1H3. The minimum Gasteiger partial charge on any atom is -0.465 e. The predicted octanol–water partition coefficient (Wildman–Crippen LogP) is 1.05. The number of methoxy groups -OCH3 is 1. The van der Waals surface area contributed by atoms with Crippen molar-refractivity contribution in [2.45, 2.75) is 25.4 Å². The van der Waals surface area contributed by atoms with E-state index in [-0.39, 0.29) is 5.97 Å². The van der Waals surface area contributed by atoms with Crippen molar-refractivity contribution in [3.05, 3.63) is 29.6 Å². The molecule has 3 aliphatic rings. The minimum atomic E-state index is -0.339. The third-order valence-electron chi connectivity index (χ3n) is 4.45. The van der Waals surface area contributed by atoms with Crippen LogP contribution in [-0.4, -0.2) is 48.6 Å². The zero-order valence-corrected chi connectivity index (χ0v) is 11.8. The Balaban J connectivity index is 1.54. The molecule has 0 spiro atoms. The smallest absolute Gasteiger partial charge is 0.339 e. The molecule has 5 heteroatoms. The van der Waals surface area contributed by atoms with Gasteiger partial charge in [-0.05, 0) is 44.0 Å². The van der Waals surface area contributed by atoms with Crippen molar-refractivity contribution in [1.29, 1.82) is 0 Å². The molecule has 0 amide bonds. The molecule has 1 aromatic heterocycles. The zero-order valence-electron chi connectivity index (χ0n) is 11.8. The maximum Gasteiger partial charge on any atom is 0.339 e. The van der Waals surface area contributed by atoms with E-state index in [1.165, 1.54) is 33.0 Å². The molecule has 2 bridgehead atoms. The lowest BCUT2D eigenvalue weighted by Gasteiger charge is -2.45. The highest BCUT2D eigenvalue weighted by atomic mass is 16.5. The van der Waals surface area contributed by atoms with E-state index in [1.807, 2.05) is 6.07 Å². The number of piperidine rings is 3. The second-order valence-corrected chi connectivity index (χ2v) is 5.66. The molecule has 1 atom stereocenters. The molecule has 3 aliphatic heterocycles. The van der Waals surface area contributed by atoms with Gasteiger partial charge in [0.05, 0.1) is 18.4 Å². The van der Waals surface area contributed by atoms with Gasteiger partial charge in [-0.3, -0.25) is 4.98 Å². The summed E-state index contributed by atoms with van der Waals surface area (Å²) in [5, 5.41) is 3.61. The highest BCUT2D eigenvalue weighted by Crippen LogP contribution is 2.27. The highest BCUT2D eigenvalue weighted by molar-refractivity contribution is 5.88. The molecular formula is C15H21N3O2. The maximum atomic E-state index is 11.3. The summed E-state index contributed by atoms with van der Waals surface area (Å²) >= 11 is 0. The second kappa shape index (κ2) is 5.89. The fraction of sp³-hybridized carbons (Fsp3) is 0.600. The Bertz CT molecular complexity index is 467. The van der Waals surface area contributed by atoms with Gasteiger partial charge >= 0.3 is 5.97 Å². The summed E-state index contributed by atoms with van der Waals surface area (Å²) in [7, 11) is 1.38. The van der Waals surface area contributed by atoms with Gasteiger partial charge in [-0.1, -0.05) is 0 Å². The summed E-state index contributed by atoms with van der Waals surface area (Å²) in [6.07, 6.45) is 4.21. The summed E-state index contributed by atoms with van der Waals surface area (Å²) in [4.78, 5) is 18.2. The average Bonchev–Trinajstić information content (AvgIpc) is 2.54. The van der Waals surface area contributed by atoms with Crippen LogP contribution in [0.2, 0.25) is 0 Å². The van der Waals surface area contributed by atoms with Crippen LogP contribution in [-0.2, 0) is 11.3 Å². The molecule has 0 radical (unpaired) electrons. The van der Waals surface area contributed by atoms with Gasteiger partial charge in [0.15, 0.2) is 0 Å². The predicted molar refractivity (Wildman–Crippen MR) is 75.4 cm³/mol. The molecule has 4 heterocycles. The average molecular weight is 275 g/mol. The fourth-order valence-corrected chi connectivity index (χ4v) is 3.20. The number of hydrogen-bond acceptors (Lipinski definition) is 5. The number of ether oxygens (including phenoxy) is 1. The molecule has 4 rings (SSSR count). The summed E-state index contributed by atoms with van der Waals surface area (Å²) in [6, 6.07) is 4.24. The first-order valence-electron chi connectivity index (χ1n) is 7.25. The lowest BCUT2D eigenvalue weighted by molar-refractivity contribution is 0.0600. The number of nitrogens with zero attached hydrogens (tertiary/aromatic N) is 2. The van der Waals surface area contributed by atoms with Crippen LogP contribution < -0.4 is 5.32 Å². The van der Waals surface area contributed by atoms with Crippen LogP contribution >= 0.6 is 0 Å². The van der Waals surface area contributed by atoms with Crippen molar-refractivity contribution >= 4 is 5.97 Å². The van der Waals surface area contributed by atoms with Crippen molar-refractivity contribution in [2.24, 2.45) is 5.92 Å². The third-order valence-corrected chi connectivity index (χ3v) is 4.45. The summed E-state index contributed by atoms with van der Waals surface area (Å²) in [5.74, 6) is 0.476. The number of fused-ring (bicyclic) bond motifs is 3. The first kappa shape index (κ1) is 13.5. The normalized spacial score (nSPS) is 28.4. The number of hydrogen-bond donors (Lipinski definition) is 1. The Morgan fingerprint density at radius 2 is 2.25 bits per heavy atom. The van der Waals surface area contributed by atoms with E-state index in [0.717, 1.165) is 24.7 Å². The van der Waals surface area contributed by atoms with Crippen LogP contribution in [0.5, 0.6) is 0 Å².